The molecular weight excluding hydrogens is 346 g/mol. The maximum atomic E-state index is 11.8. The first-order valence-electron chi connectivity index (χ1n) is 6.09. The Hall–Kier alpha value is -3.25. The van der Waals surface area contributed by atoms with Gasteiger partial charge in [0.15, 0.2) is 5.76 Å². The average Bonchev–Trinajstić information content (AvgIpc) is 2.95. The lowest BCUT2D eigenvalue weighted by Crippen LogP contribution is -2.17. The molecule has 1 amide bonds. The van der Waals surface area contributed by atoms with Gasteiger partial charge in [0, 0.05) is 5.56 Å². The van der Waals surface area contributed by atoms with Crippen LogP contribution >= 0.6 is 0 Å². The van der Waals surface area contributed by atoms with Crippen molar-refractivity contribution in [1.82, 2.24) is 5.43 Å². The Morgan fingerprint density at radius 3 is 2.50 bits per heavy atom. The normalized spacial score (nSPS) is 11.4. The standard InChI is InChI=1S/C12H9N3O8S/c16-12(8-1-3-9(4-2-8)23-24(19,20)21)14-13-7-10-5-6-11(22-10)15(17)18/h1-7H,(H,14,16)(H,19,20,21)/b13-7+. The fourth-order valence-electron chi connectivity index (χ4n) is 1.51. The van der Waals surface area contributed by atoms with E-state index in [0.717, 1.165) is 24.4 Å². The van der Waals surface area contributed by atoms with Crippen molar-refractivity contribution in [1.29, 1.82) is 0 Å². The molecule has 2 aromatic rings. The maximum Gasteiger partial charge on any atom is 0.446 e. The van der Waals surface area contributed by atoms with Crippen LogP contribution < -0.4 is 9.61 Å². The van der Waals surface area contributed by atoms with Crippen LogP contribution in [0.25, 0.3) is 0 Å². The van der Waals surface area contributed by atoms with Crippen LogP contribution in [0, 0.1) is 10.1 Å². The van der Waals surface area contributed by atoms with Gasteiger partial charge in [-0.1, -0.05) is 0 Å². The SMILES string of the molecule is O=C(N/N=C/c1ccc([N+](=O)[O-])o1)c1ccc(OS(=O)(=O)O)cc1. The Kier molecular flexibility index (Phi) is 4.91. The molecule has 0 aliphatic heterocycles. The second-order valence-electron chi connectivity index (χ2n) is 4.17. The van der Waals surface area contributed by atoms with Crippen LogP contribution in [0.15, 0.2) is 45.9 Å². The summed E-state index contributed by atoms with van der Waals surface area (Å²) in [5, 5.41) is 14.0. The lowest BCUT2D eigenvalue weighted by atomic mass is 10.2. The van der Waals surface area contributed by atoms with Gasteiger partial charge < -0.3 is 8.60 Å². The molecule has 0 aliphatic rings. The lowest BCUT2D eigenvalue weighted by Gasteiger charge is -2.02. The van der Waals surface area contributed by atoms with Crippen LogP contribution in [0.5, 0.6) is 5.75 Å². The summed E-state index contributed by atoms with van der Waals surface area (Å²) in [6.45, 7) is 0. The number of furan rings is 1. The van der Waals surface area contributed by atoms with Crippen LogP contribution in [0.4, 0.5) is 5.88 Å². The third kappa shape index (κ3) is 4.89. The molecule has 1 aromatic heterocycles. The predicted octanol–water partition coefficient (Wildman–Crippen LogP) is 1.13. The molecule has 1 heterocycles. The zero-order chi connectivity index (χ0) is 17.7. The van der Waals surface area contributed by atoms with Gasteiger partial charge in [-0.25, -0.2) is 5.43 Å². The van der Waals surface area contributed by atoms with Crippen LogP contribution in [0.2, 0.25) is 0 Å². The minimum Gasteiger partial charge on any atom is -0.400 e. The van der Waals surface area contributed by atoms with E-state index in [1.165, 1.54) is 18.2 Å². The Balaban J connectivity index is 1.96. The number of hydrogen-bond acceptors (Lipinski definition) is 8. The minimum absolute atomic E-state index is 0.0684. The topological polar surface area (TPSA) is 161 Å². The van der Waals surface area contributed by atoms with E-state index in [4.69, 9.17) is 8.97 Å². The van der Waals surface area contributed by atoms with Gasteiger partial charge in [-0.3, -0.25) is 19.5 Å². The second-order valence-corrected chi connectivity index (χ2v) is 5.19. The summed E-state index contributed by atoms with van der Waals surface area (Å²) in [5.74, 6) is -1.21. The van der Waals surface area contributed by atoms with Gasteiger partial charge in [0.1, 0.15) is 10.7 Å². The van der Waals surface area contributed by atoms with Crippen molar-refractivity contribution in [2.75, 3.05) is 0 Å². The van der Waals surface area contributed by atoms with E-state index in [0.29, 0.717) is 0 Å². The molecule has 0 radical (unpaired) electrons. The molecule has 0 atom stereocenters. The molecule has 1 aromatic carbocycles. The highest BCUT2D eigenvalue weighted by Gasteiger charge is 2.11. The first-order valence-corrected chi connectivity index (χ1v) is 7.46. The van der Waals surface area contributed by atoms with Crippen LogP contribution in [0.1, 0.15) is 16.1 Å². The predicted molar refractivity (Wildman–Crippen MR) is 79.0 cm³/mol. The molecule has 2 N–H and O–H groups in total. The molecule has 0 saturated heterocycles. The molecule has 0 spiro atoms. The van der Waals surface area contributed by atoms with Crippen LogP contribution in [0.3, 0.4) is 0 Å². The molecule has 24 heavy (non-hydrogen) atoms. The fraction of sp³-hybridized carbons (Fsp3) is 0. The highest BCUT2D eigenvalue weighted by molar-refractivity contribution is 7.81. The van der Waals surface area contributed by atoms with Gasteiger partial charge in [-0.2, -0.15) is 13.5 Å². The van der Waals surface area contributed by atoms with Crippen molar-refractivity contribution in [3.05, 3.63) is 57.8 Å². The van der Waals surface area contributed by atoms with Gasteiger partial charge in [0.2, 0.25) is 0 Å². The minimum atomic E-state index is -4.64. The molecule has 126 valence electrons. The Morgan fingerprint density at radius 2 is 1.96 bits per heavy atom. The number of amides is 1. The quantitative estimate of drug-likeness (QED) is 0.337. The smallest absolute Gasteiger partial charge is 0.400 e. The average molecular weight is 355 g/mol. The Bertz CT molecular complexity index is 885. The lowest BCUT2D eigenvalue weighted by molar-refractivity contribution is -0.402. The van der Waals surface area contributed by atoms with E-state index >= 15 is 0 Å². The summed E-state index contributed by atoms with van der Waals surface area (Å²) in [6, 6.07) is 7.23. The number of hydrazone groups is 1. The number of nitrogens with one attached hydrogen (secondary N) is 1. The zero-order valence-electron chi connectivity index (χ0n) is 11.6. The second kappa shape index (κ2) is 6.89. The van der Waals surface area contributed by atoms with Gasteiger partial charge in [0.05, 0.1) is 12.3 Å². The maximum absolute atomic E-state index is 11.8. The van der Waals surface area contributed by atoms with Gasteiger partial charge in [-0.05, 0) is 30.3 Å². The van der Waals surface area contributed by atoms with E-state index in [-0.39, 0.29) is 17.1 Å². The molecule has 0 saturated carbocycles. The van der Waals surface area contributed by atoms with Crippen molar-refractivity contribution in [3.63, 3.8) is 0 Å². The summed E-state index contributed by atoms with van der Waals surface area (Å²) >= 11 is 0. The summed E-state index contributed by atoms with van der Waals surface area (Å²) in [6.07, 6.45) is 1.07. The molecule has 12 heteroatoms. The zero-order valence-corrected chi connectivity index (χ0v) is 12.5. The summed E-state index contributed by atoms with van der Waals surface area (Å²) < 4.78 is 38.6. The van der Waals surface area contributed by atoms with Gasteiger partial charge in [-0.15, -0.1) is 0 Å². The number of hydrogen-bond donors (Lipinski definition) is 2. The number of benzene rings is 1. The van der Waals surface area contributed by atoms with E-state index in [9.17, 15) is 23.3 Å². The molecule has 0 bridgehead atoms. The summed E-state index contributed by atoms with van der Waals surface area (Å²) in [5.41, 5.74) is 2.27. The van der Waals surface area contributed by atoms with Crippen LogP contribution in [-0.2, 0) is 10.4 Å². The number of carbonyl (C=O) groups is 1. The van der Waals surface area contributed by atoms with Crippen molar-refractivity contribution in [2.45, 2.75) is 0 Å². The molecule has 0 unspecified atom stereocenters. The Morgan fingerprint density at radius 1 is 1.29 bits per heavy atom. The highest BCUT2D eigenvalue weighted by Crippen LogP contribution is 2.15. The summed E-state index contributed by atoms with van der Waals surface area (Å²) in [4.78, 5) is 21.5. The third-order valence-corrected chi connectivity index (χ3v) is 2.87. The van der Waals surface area contributed by atoms with Crippen molar-refractivity contribution in [3.8, 4) is 5.75 Å². The highest BCUT2D eigenvalue weighted by atomic mass is 32.3. The van der Waals surface area contributed by atoms with Gasteiger partial charge >= 0.3 is 16.3 Å². The third-order valence-electron chi connectivity index (χ3n) is 2.47. The fourth-order valence-corrected chi connectivity index (χ4v) is 1.87. The van der Waals surface area contributed by atoms with Crippen molar-refractivity contribution in [2.24, 2.45) is 5.10 Å². The molecule has 0 fully saturated rings. The monoisotopic (exact) mass is 355 g/mol. The number of carbonyl (C=O) groups excluding carboxylic acids is 1. The molecule has 2 rings (SSSR count). The molecule has 11 nitrogen and oxygen atoms in total. The van der Waals surface area contributed by atoms with Crippen molar-refractivity contribution < 1.29 is 31.3 Å². The molecular formula is C12H9N3O8S. The first-order chi connectivity index (χ1) is 11.2. The van der Waals surface area contributed by atoms with Gasteiger partial charge in [0.25, 0.3) is 5.91 Å². The first kappa shape index (κ1) is 17.1. The molecule has 0 aliphatic carbocycles. The Labute approximate surface area is 134 Å². The van der Waals surface area contributed by atoms with E-state index in [1.54, 1.807) is 0 Å². The number of nitro groups is 1. The largest absolute Gasteiger partial charge is 0.446 e. The number of rotatable bonds is 6. The van der Waals surface area contributed by atoms with E-state index in [2.05, 4.69) is 14.7 Å². The summed E-state index contributed by atoms with van der Waals surface area (Å²) in [7, 11) is -4.64. The van der Waals surface area contributed by atoms with E-state index in [1.807, 2.05) is 0 Å². The van der Waals surface area contributed by atoms with E-state index < -0.39 is 27.1 Å². The van der Waals surface area contributed by atoms with Crippen molar-refractivity contribution >= 4 is 28.4 Å². The number of nitrogens with zero attached hydrogens (tertiary/aromatic N) is 2. The van der Waals surface area contributed by atoms with Crippen LogP contribution in [-0.4, -0.2) is 30.0 Å².